The Bertz CT molecular complexity index is 2790. The highest BCUT2D eigenvalue weighted by Crippen LogP contribution is 2.56. The van der Waals surface area contributed by atoms with E-state index in [4.69, 9.17) is 4.42 Å². The minimum absolute atomic E-state index is 0.0224. The molecule has 8 aromatic rings. The van der Waals surface area contributed by atoms with Gasteiger partial charge >= 0.3 is 0 Å². The maximum absolute atomic E-state index is 13.4. The van der Waals surface area contributed by atoms with Crippen LogP contribution in [0.2, 0.25) is 0 Å². The Morgan fingerprint density at radius 1 is 0.564 bits per heavy atom. The van der Waals surface area contributed by atoms with Crippen molar-refractivity contribution in [2.45, 2.75) is 20.3 Å². The van der Waals surface area contributed by atoms with Gasteiger partial charge in [-0.15, -0.1) is 0 Å². The average molecular weight is 714 g/mol. The van der Waals surface area contributed by atoms with E-state index in [2.05, 4.69) is 174 Å². The third-order valence-corrected chi connectivity index (χ3v) is 10.2. The average Bonchev–Trinajstić information content (AvgIpc) is 3.24. The van der Waals surface area contributed by atoms with Gasteiger partial charge < -0.3 is 19.1 Å². The first-order chi connectivity index (χ1) is 27.1. The van der Waals surface area contributed by atoms with Crippen molar-refractivity contribution in [1.29, 1.82) is 0 Å². The van der Waals surface area contributed by atoms with Crippen LogP contribution in [0.15, 0.2) is 203 Å². The molecule has 0 saturated carbocycles. The number of hydrogen-bond acceptors (Lipinski definition) is 5. The molecule has 0 spiro atoms. The van der Waals surface area contributed by atoms with Crippen molar-refractivity contribution >= 4 is 67.4 Å². The van der Waals surface area contributed by atoms with E-state index in [1.165, 1.54) is 0 Å². The summed E-state index contributed by atoms with van der Waals surface area (Å²) < 4.78 is 6.31. The smallest absolute Gasteiger partial charge is 0.200 e. The minimum atomic E-state index is -0.0224. The molecule has 1 aliphatic rings. The minimum Gasteiger partial charge on any atom is -0.456 e. The fourth-order valence-electron chi connectivity index (χ4n) is 7.60. The molecule has 1 aromatic heterocycles. The number of nitrogens with zero attached hydrogens (tertiary/aromatic N) is 3. The Hall–Kier alpha value is -7.11. The van der Waals surface area contributed by atoms with Gasteiger partial charge in [0.25, 0.3) is 0 Å². The lowest BCUT2D eigenvalue weighted by Gasteiger charge is -2.41. The molecule has 0 fully saturated rings. The predicted molar refractivity (Wildman–Crippen MR) is 230 cm³/mol. The van der Waals surface area contributed by atoms with E-state index >= 15 is 0 Å². The van der Waals surface area contributed by atoms with Crippen LogP contribution in [0.5, 0.6) is 0 Å². The zero-order valence-electron chi connectivity index (χ0n) is 30.8. The number of benzene rings is 7. The Morgan fingerprint density at radius 2 is 1.13 bits per heavy atom. The van der Waals surface area contributed by atoms with Gasteiger partial charge in [0, 0.05) is 28.4 Å². The predicted octanol–water partition coefficient (Wildman–Crippen LogP) is 13.9. The maximum Gasteiger partial charge on any atom is 0.200 e. The summed E-state index contributed by atoms with van der Waals surface area (Å²) >= 11 is 0. The first-order valence-corrected chi connectivity index (χ1v) is 18.8. The van der Waals surface area contributed by atoms with Crippen LogP contribution in [0.1, 0.15) is 20.3 Å². The van der Waals surface area contributed by atoms with Crippen molar-refractivity contribution < 1.29 is 4.42 Å². The van der Waals surface area contributed by atoms with Crippen molar-refractivity contribution in [3.63, 3.8) is 0 Å². The monoisotopic (exact) mass is 713 g/mol. The van der Waals surface area contributed by atoms with Crippen LogP contribution >= 0.6 is 0 Å². The van der Waals surface area contributed by atoms with Crippen LogP contribution in [-0.4, -0.2) is 0 Å². The zero-order valence-corrected chi connectivity index (χ0v) is 30.8. The molecule has 1 aliphatic heterocycles. The summed E-state index contributed by atoms with van der Waals surface area (Å²) in [7, 11) is 0. The molecule has 5 nitrogen and oxygen atoms in total. The van der Waals surface area contributed by atoms with E-state index in [1.54, 1.807) is 0 Å². The Labute approximate surface area is 320 Å². The van der Waals surface area contributed by atoms with Gasteiger partial charge in [-0.2, -0.15) is 0 Å². The van der Waals surface area contributed by atoms with Crippen LogP contribution in [0.25, 0.3) is 33.1 Å². The van der Waals surface area contributed by atoms with Crippen LogP contribution < -0.4 is 20.1 Å². The number of fused-ring (bicyclic) bond motifs is 4. The lowest BCUT2D eigenvalue weighted by molar-refractivity contribution is 0.660. The van der Waals surface area contributed by atoms with Gasteiger partial charge in [-0.1, -0.05) is 97.9 Å². The number of para-hydroxylation sites is 4. The number of anilines is 8. The summed E-state index contributed by atoms with van der Waals surface area (Å²) in [5.41, 5.74) is 12.6. The van der Waals surface area contributed by atoms with Gasteiger partial charge in [0.1, 0.15) is 11.2 Å². The number of hydrogen-bond donors (Lipinski definition) is 0. The summed E-state index contributed by atoms with van der Waals surface area (Å²) in [4.78, 5) is 20.4. The lowest BCUT2D eigenvalue weighted by Crippen LogP contribution is -2.25. The van der Waals surface area contributed by atoms with Crippen LogP contribution in [0, 0.1) is 0 Å². The van der Waals surface area contributed by atoms with Gasteiger partial charge in [0.05, 0.1) is 33.5 Å². The molecule has 0 atom stereocenters. The molecule has 0 saturated heterocycles. The van der Waals surface area contributed by atoms with Gasteiger partial charge in [-0.3, -0.25) is 4.79 Å². The number of rotatable bonds is 8. The molecule has 0 radical (unpaired) electrons. The second kappa shape index (κ2) is 14.4. The van der Waals surface area contributed by atoms with Crippen LogP contribution in [0.3, 0.4) is 0 Å². The molecule has 55 heavy (non-hydrogen) atoms. The fraction of sp³-hybridized carbons (Fsp3) is 0.0600. The van der Waals surface area contributed by atoms with Crippen molar-refractivity contribution in [1.82, 2.24) is 0 Å². The first kappa shape index (κ1) is 33.7. The Kier molecular flexibility index (Phi) is 8.81. The molecule has 0 N–H and O–H groups in total. The molecular formula is C50H39N3O2. The SMILES string of the molecule is C/C=C(\C=C/CC)N(c1ccccc1)c1ccc2c(c1)N(c1ccccc1)c1cc(-c3ccc4c(=O)c5ccccc5oc4c3)ccc1N2c1ccccc1. The van der Waals surface area contributed by atoms with Crippen molar-refractivity contribution in [3.05, 3.63) is 204 Å². The van der Waals surface area contributed by atoms with E-state index in [-0.39, 0.29) is 5.43 Å². The van der Waals surface area contributed by atoms with Crippen molar-refractivity contribution in [2.75, 3.05) is 14.7 Å². The summed E-state index contributed by atoms with van der Waals surface area (Å²) in [5.74, 6) is 0. The van der Waals surface area contributed by atoms with Crippen LogP contribution in [-0.2, 0) is 0 Å². The Morgan fingerprint density at radius 3 is 1.82 bits per heavy atom. The highest BCUT2D eigenvalue weighted by atomic mass is 16.3. The van der Waals surface area contributed by atoms with Gasteiger partial charge in [0.2, 0.25) is 5.43 Å². The quantitative estimate of drug-likeness (QED) is 0.116. The van der Waals surface area contributed by atoms with E-state index < -0.39 is 0 Å². The largest absolute Gasteiger partial charge is 0.456 e. The molecule has 0 aliphatic carbocycles. The molecular weight excluding hydrogens is 675 g/mol. The Balaban J connectivity index is 1.27. The second-order valence-corrected chi connectivity index (χ2v) is 13.6. The molecule has 0 bridgehead atoms. The van der Waals surface area contributed by atoms with E-state index in [0.717, 1.165) is 68.7 Å². The topological polar surface area (TPSA) is 39.9 Å². The van der Waals surface area contributed by atoms with E-state index in [1.807, 2.05) is 42.5 Å². The third kappa shape index (κ3) is 6.06. The van der Waals surface area contributed by atoms with E-state index in [9.17, 15) is 4.79 Å². The first-order valence-electron chi connectivity index (χ1n) is 18.8. The zero-order chi connectivity index (χ0) is 37.3. The summed E-state index contributed by atoms with van der Waals surface area (Å²) in [6.45, 7) is 4.25. The molecule has 2 heterocycles. The van der Waals surface area contributed by atoms with Gasteiger partial charge in [-0.25, -0.2) is 0 Å². The fourth-order valence-corrected chi connectivity index (χ4v) is 7.60. The van der Waals surface area contributed by atoms with Gasteiger partial charge in [0.15, 0.2) is 0 Å². The number of allylic oxidation sites excluding steroid dienone is 3. The normalized spacial score (nSPS) is 12.7. The maximum atomic E-state index is 13.4. The molecule has 0 amide bonds. The molecule has 266 valence electrons. The van der Waals surface area contributed by atoms with Crippen LogP contribution in [0.4, 0.5) is 45.5 Å². The molecule has 7 aromatic carbocycles. The standard InChI is InChI=1S/C50H39N3O2/c1-3-5-17-37(4-2)51(38-18-9-6-10-19-38)41-28-31-45-47(34-41)53(40-22-13-8-14-23-40)46-32-35(27-30-44(46)52(45)39-20-11-7-12-21-39)36-26-29-43-49(33-36)55-48-25-16-15-24-42(48)50(43)54/h4-34H,3H2,1-2H3/b17-5-,37-4+. The van der Waals surface area contributed by atoms with Gasteiger partial charge in [-0.05, 0) is 122 Å². The summed E-state index contributed by atoms with van der Waals surface area (Å²) in [6.07, 6.45) is 7.51. The third-order valence-electron chi connectivity index (χ3n) is 10.2. The second-order valence-electron chi connectivity index (χ2n) is 13.6. The highest BCUT2D eigenvalue weighted by molar-refractivity contribution is 6.04. The van der Waals surface area contributed by atoms with E-state index in [0.29, 0.717) is 21.9 Å². The summed E-state index contributed by atoms with van der Waals surface area (Å²) in [5, 5.41) is 1.16. The molecule has 9 rings (SSSR count). The lowest BCUT2D eigenvalue weighted by atomic mass is 9.98. The van der Waals surface area contributed by atoms with Crippen molar-refractivity contribution in [2.24, 2.45) is 0 Å². The molecule has 5 heteroatoms. The summed E-state index contributed by atoms with van der Waals surface area (Å²) in [6, 6.07) is 58.4. The molecule has 0 unspecified atom stereocenters. The highest BCUT2D eigenvalue weighted by Gasteiger charge is 2.32. The van der Waals surface area contributed by atoms with Crippen molar-refractivity contribution in [3.8, 4) is 11.1 Å².